The van der Waals surface area contributed by atoms with Crippen LogP contribution in [-0.4, -0.2) is 65.7 Å². The summed E-state index contributed by atoms with van der Waals surface area (Å²) in [6, 6.07) is 30.8. The number of carbonyl (C=O) groups is 2. The molecule has 1 aliphatic heterocycles. The Hall–Kier alpha value is -4.00. The number of nitrogens with zero attached hydrogens (tertiary/aromatic N) is 2. The van der Waals surface area contributed by atoms with E-state index in [2.05, 4.69) is 27.9 Å². The van der Waals surface area contributed by atoms with Crippen molar-refractivity contribution in [1.82, 2.24) is 20.6 Å². The molecule has 50 heavy (non-hydrogen) atoms. The van der Waals surface area contributed by atoms with E-state index in [1.165, 1.54) is 18.4 Å². The monoisotopic (exact) mass is 729 g/mol. The van der Waals surface area contributed by atoms with E-state index in [4.69, 9.17) is 26.1 Å². The molecular weight excluding hydrogens is 690 g/mol. The highest BCUT2D eigenvalue weighted by atomic mass is 35.5. The summed E-state index contributed by atoms with van der Waals surface area (Å²) >= 11 is 9.27. The number of para-hydroxylation sites is 1. The summed E-state index contributed by atoms with van der Waals surface area (Å²) in [5.74, 6) is 0.315. The van der Waals surface area contributed by atoms with Gasteiger partial charge in [-0.25, -0.2) is 14.8 Å². The fourth-order valence-corrected chi connectivity index (χ4v) is 8.49. The molecule has 0 bridgehead atoms. The summed E-state index contributed by atoms with van der Waals surface area (Å²) in [6.07, 6.45) is 1.16. The van der Waals surface area contributed by atoms with Crippen molar-refractivity contribution in [3.8, 4) is 0 Å². The summed E-state index contributed by atoms with van der Waals surface area (Å²) in [5, 5.41) is 9.98. The molecule has 9 nitrogen and oxygen atoms in total. The fraction of sp³-hybridized carbons (Fsp3) is 0.316. The number of nitrogens with one attached hydrogen (secondary N) is 3. The van der Waals surface area contributed by atoms with Crippen molar-refractivity contribution in [2.45, 2.75) is 60.7 Å². The molecule has 2 aromatic heterocycles. The number of thiazole rings is 1. The van der Waals surface area contributed by atoms with Crippen LogP contribution in [0.1, 0.15) is 42.4 Å². The largest absolute Gasteiger partial charge is 0.453 e. The van der Waals surface area contributed by atoms with E-state index in [-0.39, 0.29) is 30.1 Å². The second-order valence-electron chi connectivity index (χ2n) is 12.2. The minimum Gasteiger partial charge on any atom is -0.453 e. The number of aryl methyl sites for hydroxylation is 1. The quantitative estimate of drug-likeness (QED) is 0.0835. The summed E-state index contributed by atoms with van der Waals surface area (Å²) in [5.41, 5.74) is 4.66. The predicted octanol–water partition coefficient (Wildman–Crippen LogP) is 7.70. The number of morpholine rings is 1. The molecule has 1 saturated heterocycles. The number of alkyl carbamates (subject to hydrolysis) is 1. The number of amides is 2. The van der Waals surface area contributed by atoms with Gasteiger partial charge in [0.2, 0.25) is 5.91 Å². The van der Waals surface area contributed by atoms with Crippen LogP contribution in [0.3, 0.4) is 0 Å². The Morgan fingerprint density at radius 3 is 2.42 bits per heavy atom. The Morgan fingerprint density at radius 1 is 1.00 bits per heavy atom. The molecule has 5 aromatic rings. The number of aromatic nitrogens is 2. The maximum absolute atomic E-state index is 13.9. The maximum atomic E-state index is 13.9. The molecule has 3 N–H and O–H groups in total. The lowest BCUT2D eigenvalue weighted by Crippen LogP contribution is -2.52. The van der Waals surface area contributed by atoms with Gasteiger partial charge < -0.3 is 25.4 Å². The number of methoxy groups -OCH3 is 1. The van der Waals surface area contributed by atoms with E-state index in [1.54, 1.807) is 17.8 Å². The lowest BCUT2D eigenvalue weighted by Gasteiger charge is -2.36. The topological polar surface area (TPSA) is 114 Å². The molecule has 3 aromatic carbocycles. The highest BCUT2D eigenvalue weighted by Crippen LogP contribution is 2.32. The molecule has 3 heterocycles. The van der Waals surface area contributed by atoms with E-state index in [0.717, 1.165) is 50.1 Å². The van der Waals surface area contributed by atoms with Crippen molar-refractivity contribution >= 4 is 62.7 Å². The molecule has 0 unspecified atom stereocenters. The van der Waals surface area contributed by atoms with Gasteiger partial charge in [0.1, 0.15) is 21.5 Å². The molecule has 12 heteroatoms. The van der Waals surface area contributed by atoms with Crippen molar-refractivity contribution in [2.75, 3.05) is 24.7 Å². The first kappa shape index (κ1) is 35.8. The van der Waals surface area contributed by atoms with Gasteiger partial charge in [0.15, 0.2) is 4.34 Å². The third-order valence-electron chi connectivity index (χ3n) is 8.85. The van der Waals surface area contributed by atoms with E-state index in [0.29, 0.717) is 23.7 Å². The van der Waals surface area contributed by atoms with Crippen LogP contribution < -0.4 is 16.0 Å². The van der Waals surface area contributed by atoms with Gasteiger partial charge in [0.05, 0.1) is 19.3 Å². The minimum absolute atomic E-state index is 0.00245. The number of rotatable bonds is 13. The molecule has 0 saturated carbocycles. The molecule has 0 radical (unpaired) electrons. The van der Waals surface area contributed by atoms with Gasteiger partial charge in [-0.15, -0.1) is 0 Å². The standard InChI is InChI=1S/C38H40ClN5O4S2/c1-24-33(23-49-38-43-31-19-20-34(39)44-36(31)50-38)48-28(22-40-24)18-17-27-15-9-10-16-30(27)41-35(45)32(42-37(46)47-2)21-29(25-11-5-3-6-12-25)26-13-7-4-8-14-26/h3-16,19-20,24,28-29,32-33,40H,17-18,21-23H2,1-2H3,(H,41,45)(H,42,46)/t24-,28-,32+,33-/m1/s1. The lowest BCUT2D eigenvalue weighted by molar-refractivity contribution is -0.118. The molecule has 6 rings (SSSR count). The van der Waals surface area contributed by atoms with Crippen molar-refractivity contribution in [1.29, 1.82) is 0 Å². The second-order valence-corrected chi connectivity index (χ2v) is 14.9. The Kier molecular flexibility index (Phi) is 12.4. The van der Waals surface area contributed by atoms with Gasteiger partial charge >= 0.3 is 6.09 Å². The van der Waals surface area contributed by atoms with Gasteiger partial charge in [0, 0.05) is 29.9 Å². The normalized spacial score (nSPS) is 18.1. The third kappa shape index (κ3) is 9.41. The third-order valence-corrected chi connectivity index (χ3v) is 11.3. The summed E-state index contributed by atoms with van der Waals surface area (Å²) < 4.78 is 12.4. The highest BCUT2D eigenvalue weighted by molar-refractivity contribution is 8.01. The van der Waals surface area contributed by atoms with Crippen LogP contribution in [0, 0.1) is 0 Å². The maximum Gasteiger partial charge on any atom is 0.407 e. The van der Waals surface area contributed by atoms with Crippen LogP contribution in [0.2, 0.25) is 5.15 Å². The minimum atomic E-state index is -0.852. The number of ether oxygens (including phenoxy) is 2. The molecule has 4 atom stereocenters. The molecule has 0 aliphatic carbocycles. The van der Waals surface area contributed by atoms with Crippen LogP contribution in [-0.2, 0) is 20.7 Å². The number of fused-ring (bicyclic) bond motifs is 1. The van der Waals surface area contributed by atoms with Crippen LogP contribution >= 0.6 is 34.7 Å². The van der Waals surface area contributed by atoms with Crippen LogP contribution in [0.25, 0.3) is 10.3 Å². The number of pyridine rings is 1. The van der Waals surface area contributed by atoms with Gasteiger partial charge in [-0.1, -0.05) is 114 Å². The van der Waals surface area contributed by atoms with Crippen molar-refractivity contribution < 1.29 is 19.1 Å². The average Bonchev–Trinajstić information content (AvgIpc) is 3.55. The first-order chi connectivity index (χ1) is 24.4. The highest BCUT2D eigenvalue weighted by Gasteiger charge is 2.30. The molecule has 1 aliphatic rings. The number of anilines is 1. The van der Waals surface area contributed by atoms with Crippen LogP contribution in [0.4, 0.5) is 10.5 Å². The Labute approximate surface area is 305 Å². The van der Waals surface area contributed by atoms with Crippen molar-refractivity contribution in [3.05, 3.63) is 119 Å². The van der Waals surface area contributed by atoms with Gasteiger partial charge in [-0.3, -0.25) is 4.79 Å². The molecule has 1 fully saturated rings. The number of carbonyl (C=O) groups excluding carboxylic acids is 2. The zero-order valence-corrected chi connectivity index (χ0v) is 30.3. The van der Waals surface area contributed by atoms with Gasteiger partial charge in [-0.05, 0) is 61.1 Å². The first-order valence-electron chi connectivity index (χ1n) is 16.6. The summed E-state index contributed by atoms with van der Waals surface area (Å²) in [7, 11) is 1.30. The lowest BCUT2D eigenvalue weighted by atomic mass is 9.85. The molecule has 260 valence electrons. The smallest absolute Gasteiger partial charge is 0.407 e. The number of benzene rings is 3. The number of halogens is 1. The van der Waals surface area contributed by atoms with E-state index in [1.807, 2.05) is 91.0 Å². The fourth-order valence-electron chi connectivity index (χ4n) is 6.11. The number of thioether (sulfide) groups is 1. The van der Waals surface area contributed by atoms with E-state index < -0.39 is 12.1 Å². The number of hydrogen-bond donors (Lipinski definition) is 3. The van der Waals surface area contributed by atoms with Crippen molar-refractivity contribution in [2.24, 2.45) is 0 Å². The van der Waals surface area contributed by atoms with Crippen LogP contribution in [0.15, 0.2) is 101 Å². The average molecular weight is 730 g/mol. The summed E-state index contributed by atoms with van der Waals surface area (Å²) in [6.45, 7) is 2.89. The van der Waals surface area contributed by atoms with Crippen LogP contribution in [0.5, 0.6) is 0 Å². The first-order valence-corrected chi connectivity index (χ1v) is 18.8. The predicted molar refractivity (Wildman–Crippen MR) is 201 cm³/mol. The molecule has 0 spiro atoms. The second kappa shape index (κ2) is 17.3. The van der Waals surface area contributed by atoms with Gasteiger partial charge in [0.25, 0.3) is 0 Å². The Balaban J connectivity index is 1.10. The van der Waals surface area contributed by atoms with Crippen molar-refractivity contribution in [3.63, 3.8) is 0 Å². The van der Waals surface area contributed by atoms with E-state index in [9.17, 15) is 9.59 Å². The zero-order valence-electron chi connectivity index (χ0n) is 27.9. The SMILES string of the molecule is COC(=O)N[C@@H](CC(c1ccccc1)c1ccccc1)C(=O)Nc1ccccc1CC[C@@H]1CN[C@H](C)[C@@H](CSc2nc3ccc(Cl)nc3s2)O1. The Bertz CT molecular complexity index is 1840. The summed E-state index contributed by atoms with van der Waals surface area (Å²) in [4.78, 5) is 36.3. The Morgan fingerprint density at radius 2 is 1.70 bits per heavy atom. The molecule has 2 amide bonds. The molecular formula is C38H40ClN5O4S2. The zero-order chi connectivity index (χ0) is 34.9. The van der Waals surface area contributed by atoms with Gasteiger partial charge in [-0.2, -0.15) is 0 Å². The van der Waals surface area contributed by atoms with E-state index >= 15 is 0 Å². The number of hydrogen-bond acceptors (Lipinski definition) is 9.